The van der Waals surface area contributed by atoms with Crippen molar-refractivity contribution < 1.29 is 0 Å². The fourth-order valence-electron chi connectivity index (χ4n) is 2.89. The molecule has 0 bridgehead atoms. The van der Waals surface area contributed by atoms with Gasteiger partial charge in [0, 0.05) is 6.04 Å². The van der Waals surface area contributed by atoms with Crippen LogP contribution in [-0.4, -0.2) is 11.4 Å². The van der Waals surface area contributed by atoms with E-state index < -0.39 is 0 Å². The lowest BCUT2D eigenvalue weighted by molar-refractivity contribution is 0.143. The Balaban J connectivity index is 2.01. The Bertz CT molecular complexity index is 160. The highest BCUT2D eigenvalue weighted by Gasteiger charge is 2.34. The molecule has 1 nitrogen and oxygen atoms in total. The van der Waals surface area contributed by atoms with E-state index in [0.717, 1.165) is 17.9 Å². The molecule has 2 heteroatoms. The van der Waals surface area contributed by atoms with Crippen molar-refractivity contribution in [2.45, 2.75) is 50.4 Å². The van der Waals surface area contributed by atoms with E-state index in [1.54, 1.807) is 0 Å². The molecule has 0 aromatic carbocycles. The van der Waals surface area contributed by atoms with Gasteiger partial charge in [0.25, 0.3) is 0 Å². The van der Waals surface area contributed by atoms with Gasteiger partial charge in [0.15, 0.2) is 0 Å². The van der Waals surface area contributed by atoms with Crippen LogP contribution in [0.4, 0.5) is 0 Å². The van der Waals surface area contributed by atoms with E-state index >= 15 is 0 Å². The van der Waals surface area contributed by atoms with Gasteiger partial charge in [-0.05, 0) is 31.1 Å². The minimum Gasteiger partial charge on any atom is -0.302 e. The second-order valence-electron chi connectivity index (χ2n) is 4.45. The highest BCUT2D eigenvalue weighted by molar-refractivity contribution is 7.80. The fraction of sp³-hybridized carbons (Fsp3) is 1.00. The average Bonchev–Trinajstić information content (AvgIpc) is 2.04. The van der Waals surface area contributed by atoms with Gasteiger partial charge in [-0.1, -0.05) is 19.8 Å². The summed E-state index contributed by atoms with van der Waals surface area (Å²) in [6.45, 7) is 2.40. The van der Waals surface area contributed by atoms with Crippen molar-refractivity contribution >= 4 is 12.6 Å². The Morgan fingerprint density at radius 2 is 2.00 bits per heavy atom. The smallest absolute Gasteiger partial charge is 0.0507 e. The third-order valence-corrected chi connectivity index (χ3v) is 3.91. The Kier molecular flexibility index (Phi) is 2.66. The number of hydrogen-bond acceptors (Lipinski definition) is 2. The number of fused-ring (bicyclic) bond motifs is 1. The van der Waals surface area contributed by atoms with Crippen LogP contribution in [-0.2, 0) is 0 Å². The van der Waals surface area contributed by atoms with E-state index in [2.05, 4.69) is 24.9 Å². The van der Waals surface area contributed by atoms with Crippen LogP contribution in [0.2, 0.25) is 0 Å². The lowest BCUT2D eigenvalue weighted by atomic mass is 9.73. The Morgan fingerprint density at radius 3 is 2.83 bits per heavy atom. The molecule has 0 aromatic rings. The van der Waals surface area contributed by atoms with E-state index in [0.29, 0.717) is 5.37 Å². The van der Waals surface area contributed by atoms with E-state index in [4.69, 9.17) is 0 Å². The van der Waals surface area contributed by atoms with Gasteiger partial charge in [-0.2, -0.15) is 12.6 Å². The van der Waals surface area contributed by atoms with E-state index in [1.807, 2.05) is 0 Å². The first-order chi connectivity index (χ1) is 5.77. The zero-order valence-corrected chi connectivity index (χ0v) is 8.69. The number of nitrogens with one attached hydrogen (secondary N) is 1. The SMILES string of the molecule is CC1CC(S)NC2CCCCC12. The normalized spacial score (nSPS) is 48.5. The molecular formula is C10H19NS. The average molecular weight is 185 g/mol. The van der Waals surface area contributed by atoms with Crippen LogP contribution in [0.25, 0.3) is 0 Å². The van der Waals surface area contributed by atoms with Crippen LogP contribution in [0.1, 0.15) is 39.0 Å². The van der Waals surface area contributed by atoms with Crippen LogP contribution in [0.3, 0.4) is 0 Å². The summed E-state index contributed by atoms with van der Waals surface area (Å²) in [4.78, 5) is 0. The van der Waals surface area contributed by atoms with Gasteiger partial charge in [0.1, 0.15) is 0 Å². The molecule has 12 heavy (non-hydrogen) atoms. The monoisotopic (exact) mass is 185 g/mol. The third-order valence-electron chi connectivity index (χ3n) is 3.55. The van der Waals surface area contributed by atoms with E-state index in [1.165, 1.54) is 32.1 Å². The van der Waals surface area contributed by atoms with Crippen molar-refractivity contribution in [3.8, 4) is 0 Å². The molecular weight excluding hydrogens is 166 g/mol. The Hall–Kier alpha value is 0.310. The summed E-state index contributed by atoms with van der Waals surface area (Å²) in [6, 6.07) is 0.782. The van der Waals surface area contributed by atoms with Gasteiger partial charge in [0.2, 0.25) is 0 Å². The van der Waals surface area contributed by atoms with Gasteiger partial charge >= 0.3 is 0 Å². The lowest BCUT2D eigenvalue weighted by Crippen LogP contribution is -2.50. The molecule has 0 spiro atoms. The molecule has 1 heterocycles. The quantitative estimate of drug-likeness (QED) is 0.552. The van der Waals surface area contributed by atoms with Crippen molar-refractivity contribution in [3.05, 3.63) is 0 Å². The van der Waals surface area contributed by atoms with Crippen LogP contribution in [0.5, 0.6) is 0 Å². The van der Waals surface area contributed by atoms with Crippen molar-refractivity contribution in [3.63, 3.8) is 0 Å². The third kappa shape index (κ3) is 1.64. The number of rotatable bonds is 0. The van der Waals surface area contributed by atoms with E-state index in [9.17, 15) is 0 Å². The van der Waals surface area contributed by atoms with Gasteiger partial charge in [-0.3, -0.25) is 0 Å². The molecule has 1 saturated heterocycles. The maximum absolute atomic E-state index is 4.53. The fourth-order valence-corrected chi connectivity index (χ4v) is 3.41. The summed E-state index contributed by atoms with van der Waals surface area (Å²) in [5, 5.41) is 4.07. The highest BCUT2D eigenvalue weighted by Crippen LogP contribution is 2.36. The van der Waals surface area contributed by atoms with Crippen LogP contribution in [0, 0.1) is 11.8 Å². The van der Waals surface area contributed by atoms with Gasteiger partial charge < -0.3 is 5.32 Å². The van der Waals surface area contributed by atoms with Gasteiger partial charge in [0.05, 0.1) is 5.37 Å². The molecule has 4 atom stereocenters. The topological polar surface area (TPSA) is 12.0 Å². The molecule has 0 aromatic heterocycles. The number of hydrogen-bond donors (Lipinski definition) is 2. The molecule has 1 saturated carbocycles. The maximum atomic E-state index is 4.53. The summed E-state index contributed by atoms with van der Waals surface area (Å²) >= 11 is 4.53. The molecule has 1 aliphatic carbocycles. The molecule has 1 aliphatic heterocycles. The zero-order valence-electron chi connectivity index (χ0n) is 7.79. The second kappa shape index (κ2) is 3.59. The summed E-state index contributed by atoms with van der Waals surface area (Å²) in [5.41, 5.74) is 0. The maximum Gasteiger partial charge on any atom is 0.0507 e. The molecule has 2 aliphatic rings. The van der Waals surface area contributed by atoms with Crippen molar-refractivity contribution in [2.75, 3.05) is 0 Å². The van der Waals surface area contributed by atoms with Crippen molar-refractivity contribution in [2.24, 2.45) is 11.8 Å². The van der Waals surface area contributed by atoms with Gasteiger partial charge in [-0.25, -0.2) is 0 Å². The first kappa shape index (κ1) is 8.89. The molecule has 1 N–H and O–H groups in total. The lowest BCUT2D eigenvalue weighted by Gasteiger charge is -2.43. The highest BCUT2D eigenvalue weighted by atomic mass is 32.1. The Labute approximate surface area is 80.7 Å². The predicted molar refractivity (Wildman–Crippen MR) is 55.4 cm³/mol. The molecule has 70 valence electrons. The summed E-state index contributed by atoms with van der Waals surface area (Å²) in [7, 11) is 0. The number of thiol groups is 1. The summed E-state index contributed by atoms with van der Waals surface area (Å²) < 4.78 is 0. The summed E-state index contributed by atoms with van der Waals surface area (Å²) in [5.74, 6) is 1.83. The van der Waals surface area contributed by atoms with Crippen molar-refractivity contribution in [1.82, 2.24) is 5.32 Å². The standard InChI is InChI=1S/C10H19NS/c1-7-6-10(12)11-9-5-3-2-4-8(7)9/h7-12H,2-6H2,1H3. The van der Waals surface area contributed by atoms with Crippen molar-refractivity contribution in [1.29, 1.82) is 0 Å². The first-order valence-electron chi connectivity index (χ1n) is 5.21. The van der Waals surface area contributed by atoms with Crippen LogP contribution >= 0.6 is 12.6 Å². The number of piperidine rings is 1. The zero-order chi connectivity index (χ0) is 8.55. The molecule has 0 amide bonds. The molecule has 4 unspecified atom stereocenters. The molecule has 2 rings (SSSR count). The minimum atomic E-state index is 0.458. The molecule has 0 radical (unpaired) electrons. The predicted octanol–water partition coefficient (Wildman–Crippen LogP) is 2.43. The molecule has 2 fully saturated rings. The van der Waals surface area contributed by atoms with Gasteiger partial charge in [-0.15, -0.1) is 0 Å². The first-order valence-corrected chi connectivity index (χ1v) is 5.73. The minimum absolute atomic E-state index is 0.458. The second-order valence-corrected chi connectivity index (χ2v) is 5.07. The largest absolute Gasteiger partial charge is 0.302 e. The Morgan fingerprint density at radius 1 is 1.25 bits per heavy atom. The van der Waals surface area contributed by atoms with E-state index in [-0.39, 0.29) is 0 Å². The van der Waals surface area contributed by atoms with Crippen LogP contribution < -0.4 is 5.32 Å². The summed E-state index contributed by atoms with van der Waals surface area (Å²) in [6.07, 6.45) is 6.95. The van der Waals surface area contributed by atoms with Crippen LogP contribution in [0.15, 0.2) is 0 Å².